The second-order valence-electron chi connectivity index (χ2n) is 7.55. The number of nitrogens with two attached hydrogens (primary N) is 1. The maximum absolute atomic E-state index is 12.7. The molecule has 1 unspecified atom stereocenters. The van der Waals surface area contributed by atoms with Crippen molar-refractivity contribution in [2.45, 2.75) is 46.6 Å². The lowest BCUT2D eigenvalue weighted by molar-refractivity contribution is 0.0950. The largest absolute Gasteiger partial charge is 0.360 e. The van der Waals surface area contributed by atoms with E-state index in [0.29, 0.717) is 23.8 Å². The average Bonchev–Trinajstić information content (AvgIpc) is 3.21. The third kappa shape index (κ3) is 4.02. The van der Waals surface area contributed by atoms with Crippen LogP contribution in [-0.4, -0.2) is 22.2 Å². The molecule has 3 N–H and O–H groups in total. The predicted molar refractivity (Wildman–Crippen MR) is 110 cm³/mol. The van der Waals surface area contributed by atoms with E-state index < -0.39 is 0 Å². The Morgan fingerprint density at radius 3 is 2.36 bits per heavy atom. The number of amides is 1. The summed E-state index contributed by atoms with van der Waals surface area (Å²) in [5.74, 6) is 1.74. The third-order valence-electron chi connectivity index (χ3n) is 5.03. The van der Waals surface area contributed by atoms with Gasteiger partial charge in [-0.2, -0.15) is 0 Å². The summed E-state index contributed by atoms with van der Waals surface area (Å²) in [6.07, 6.45) is 0. The van der Waals surface area contributed by atoms with Crippen molar-refractivity contribution in [2.24, 2.45) is 5.73 Å². The molecule has 1 amide bonds. The van der Waals surface area contributed by atoms with E-state index >= 15 is 0 Å². The molecule has 6 nitrogen and oxygen atoms in total. The SMILES string of the molecule is Cc1cc(-n2c(C)cc(C(=O)NCC(N)c3ccc(C(C)C)cc3)c2C)no1. The smallest absolute Gasteiger partial charge is 0.253 e. The topological polar surface area (TPSA) is 86.1 Å². The zero-order valence-electron chi connectivity index (χ0n) is 17.1. The second-order valence-corrected chi connectivity index (χ2v) is 7.55. The Bertz CT molecular complexity index is 967. The highest BCUT2D eigenvalue weighted by atomic mass is 16.5. The molecule has 28 heavy (non-hydrogen) atoms. The number of carbonyl (C=O) groups is 1. The van der Waals surface area contributed by atoms with Gasteiger partial charge in [0.2, 0.25) is 0 Å². The number of aromatic nitrogens is 2. The Hall–Kier alpha value is -2.86. The third-order valence-corrected chi connectivity index (χ3v) is 5.03. The molecular weight excluding hydrogens is 352 g/mol. The van der Waals surface area contributed by atoms with Crippen molar-refractivity contribution >= 4 is 5.91 Å². The van der Waals surface area contributed by atoms with E-state index in [1.807, 2.05) is 49.6 Å². The normalized spacial score (nSPS) is 12.4. The maximum atomic E-state index is 12.7. The molecule has 0 radical (unpaired) electrons. The number of hydrogen-bond donors (Lipinski definition) is 2. The number of nitrogens with one attached hydrogen (secondary N) is 1. The lowest BCUT2D eigenvalue weighted by Gasteiger charge is -2.15. The first-order chi connectivity index (χ1) is 13.3. The van der Waals surface area contributed by atoms with Crippen LogP contribution in [0.2, 0.25) is 0 Å². The van der Waals surface area contributed by atoms with Crippen molar-refractivity contribution in [3.63, 3.8) is 0 Å². The van der Waals surface area contributed by atoms with Gasteiger partial charge in [0.15, 0.2) is 5.82 Å². The fraction of sp³-hybridized carbons (Fsp3) is 0.364. The average molecular weight is 380 g/mol. The van der Waals surface area contributed by atoms with Gasteiger partial charge in [0.25, 0.3) is 5.91 Å². The predicted octanol–water partition coefficient (Wildman–Crippen LogP) is 3.94. The highest BCUT2D eigenvalue weighted by Gasteiger charge is 2.19. The molecule has 0 aliphatic carbocycles. The van der Waals surface area contributed by atoms with E-state index in [4.69, 9.17) is 10.3 Å². The van der Waals surface area contributed by atoms with Gasteiger partial charge >= 0.3 is 0 Å². The number of carbonyl (C=O) groups excluding carboxylic acids is 1. The van der Waals surface area contributed by atoms with Crippen LogP contribution in [0.3, 0.4) is 0 Å². The van der Waals surface area contributed by atoms with Crippen LogP contribution >= 0.6 is 0 Å². The van der Waals surface area contributed by atoms with Crippen molar-refractivity contribution < 1.29 is 9.32 Å². The van der Waals surface area contributed by atoms with Crippen LogP contribution in [0.4, 0.5) is 0 Å². The fourth-order valence-electron chi connectivity index (χ4n) is 3.35. The van der Waals surface area contributed by atoms with Crippen molar-refractivity contribution in [2.75, 3.05) is 6.54 Å². The van der Waals surface area contributed by atoms with Crippen LogP contribution in [-0.2, 0) is 0 Å². The van der Waals surface area contributed by atoms with Crippen molar-refractivity contribution in [3.05, 3.63) is 70.2 Å². The molecule has 0 spiro atoms. The highest BCUT2D eigenvalue weighted by molar-refractivity contribution is 5.95. The molecule has 0 fully saturated rings. The highest BCUT2D eigenvalue weighted by Crippen LogP contribution is 2.21. The minimum atomic E-state index is -0.258. The van der Waals surface area contributed by atoms with E-state index in [9.17, 15) is 4.79 Å². The van der Waals surface area contributed by atoms with Crippen molar-refractivity contribution in [1.82, 2.24) is 15.0 Å². The van der Waals surface area contributed by atoms with Gasteiger partial charge in [-0.25, -0.2) is 0 Å². The lowest BCUT2D eigenvalue weighted by atomic mass is 9.99. The van der Waals surface area contributed by atoms with E-state index in [2.05, 4.69) is 36.5 Å². The molecule has 2 heterocycles. The molecule has 0 saturated heterocycles. The minimum Gasteiger partial charge on any atom is -0.360 e. The van der Waals surface area contributed by atoms with Gasteiger partial charge in [0, 0.05) is 30.0 Å². The summed E-state index contributed by atoms with van der Waals surface area (Å²) in [6, 6.07) is 11.7. The number of aryl methyl sites for hydroxylation is 2. The Balaban J connectivity index is 1.70. The van der Waals surface area contributed by atoms with Gasteiger partial charge in [-0.1, -0.05) is 43.3 Å². The molecule has 0 saturated carbocycles. The molecule has 1 aromatic carbocycles. The molecule has 0 aliphatic heterocycles. The van der Waals surface area contributed by atoms with Gasteiger partial charge in [0.05, 0.1) is 5.56 Å². The van der Waals surface area contributed by atoms with Gasteiger partial charge in [-0.05, 0) is 43.9 Å². The van der Waals surface area contributed by atoms with Gasteiger partial charge < -0.3 is 15.6 Å². The number of benzene rings is 1. The van der Waals surface area contributed by atoms with Gasteiger partial charge in [0.1, 0.15) is 5.76 Å². The van der Waals surface area contributed by atoms with Crippen LogP contribution in [0.25, 0.3) is 5.82 Å². The monoisotopic (exact) mass is 380 g/mol. The van der Waals surface area contributed by atoms with E-state index in [1.54, 1.807) is 0 Å². The minimum absolute atomic E-state index is 0.145. The number of rotatable bonds is 6. The summed E-state index contributed by atoms with van der Waals surface area (Å²) in [6.45, 7) is 10.4. The Morgan fingerprint density at radius 1 is 1.14 bits per heavy atom. The van der Waals surface area contributed by atoms with Crippen LogP contribution in [0.1, 0.15) is 64.4 Å². The van der Waals surface area contributed by atoms with Crippen molar-refractivity contribution in [1.29, 1.82) is 0 Å². The summed E-state index contributed by atoms with van der Waals surface area (Å²) in [5, 5.41) is 7.00. The van der Waals surface area contributed by atoms with E-state index in [1.165, 1.54) is 5.56 Å². The van der Waals surface area contributed by atoms with Crippen LogP contribution in [0.15, 0.2) is 40.9 Å². The Labute approximate surface area is 165 Å². The van der Waals surface area contributed by atoms with Gasteiger partial charge in [-0.15, -0.1) is 0 Å². The first kappa shape index (κ1) is 19.9. The van der Waals surface area contributed by atoms with E-state index in [-0.39, 0.29) is 11.9 Å². The Morgan fingerprint density at radius 2 is 1.79 bits per heavy atom. The van der Waals surface area contributed by atoms with E-state index in [0.717, 1.165) is 22.7 Å². The molecule has 1 atom stereocenters. The van der Waals surface area contributed by atoms with Crippen LogP contribution in [0.5, 0.6) is 0 Å². The summed E-state index contributed by atoms with van der Waals surface area (Å²) >= 11 is 0. The number of hydrogen-bond acceptors (Lipinski definition) is 4. The molecule has 2 aromatic heterocycles. The second kappa shape index (κ2) is 8.02. The lowest BCUT2D eigenvalue weighted by Crippen LogP contribution is -2.32. The fourth-order valence-corrected chi connectivity index (χ4v) is 3.35. The number of nitrogens with zero attached hydrogens (tertiary/aromatic N) is 2. The summed E-state index contributed by atoms with van der Waals surface area (Å²) in [4.78, 5) is 12.7. The Kier molecular flexibility index (Phi) is 5.70. The first-order valence-corrected chi connectivity index (χ1v) is 9.54. The molecule has 0 aliphatic rings. The maximum Gasteiger partial charge on any atom is 0.253 e. The van der Waals surface area contributed by atoms with Crippen LogP contribution in [0, 0.1) is 20.8 Å². The quantitative estimate of drug-likeness (QED) is 0.678. The molecule has 148 valence electrons. The molecule has 3 rings (SSSR count). The standard InChI is InChI=1S/C22H28N4O2/c1-13(2)17-6-8-18(9-7-17)20(23)12-24-22(27)19-10-14(3)26(16(19)5)21-11-15(4)28-25-21/h6-11,13,20H,12,23H2,1-5H3,(H,24,27). The molecule has 6 heteroatoms. The summed E-state index contributed by atoms with van der Waals surface area (Å²) in [7, 11) is 0. The zero-order valence-corrected chi connectivity index (χ0v) is 17.1. The zero-order chi connectivity index (χ0) is 20.4. The molecule has 0 bridgehead atoms. The van der Waals surface area contributed by atoms with Crippen LogP contribution < -0.4 is 11.1 Å². The summed E-state index contributed by atoms with van der Waals surface area (Å²) < 4.78 is 7.07. The van der Waals surface area contributed by atoms with Gasteiger partial charge in [-0.3, -0.25) is 9.36 Å². The first-order valence-electron chi connectivity index (χ1n) is 9.54. The molecular formula is C22H28N4O2. The van der Waals surface area contributed by atoms with Crippen molar-refractivity contribution in [3.8, 4) is 5.82 Å². The summed E-state index contributed by atoms with van der Waals surface area (Å²) in [5.41, 5.74) is 10.9. The molecule has 3 aromatic rings.